The van der Waals surface area contributed by atoms with Crippen molar-refractivity contribution >= 4 is 17.2 Å². The van der Waals surface area contributed by atoms with Gasteiger partial charge >= 0.3 is 0 Å². The minimum atomic E-state index is 0.202. The molecule has 1 aromatic heterocycles. The number of likely N-dealkylation sites (tertiary alicyclic amines) is 1. The van der Waals surface area contributed by atoms with Crippen LogP contribution in [0.3, 0.4) is 0 Å². The van der Waals surface area contributed by atoms with Crippen molar-refractivity contribution in [2.45, 2.75) is 33.2 Å². The van der Waals surface area contributed by atoms with Crippen molar-refractivity contribution in [3.05, 3.63) is 22.4 Å². The zero-order valence-corrected chi connectivity index (χ0v) is 12.8. The molecule has 0 N–H and O–H groups in total. The first-order valence-electron chi connectivity index (χ1n) is 7.28. The smallest absolute Gasteiger partial charge is 0.226 e. The van der Waals surface area contributed by atoms with E-state index in [0.717, 1.165) is 45.6 Å². The van der Waals surface area contributed by atoms with E-state index in [1.165, 1.54) is 4.88 Å². The van der Waals surface area contributed by atoms with Gasteiger partial charge in [0.05, 0.1) is 5.92 Å². The predicted molar refractivity (Wildman–Crippen MR) is 80.2 cm³/mol. The molecule has 1 aliphatic rings. The highest BCUT2D eigenvalue weighted by Crippen LogP contribution is 2.21. The van der Waals surface area contributed by atoms with Crippen molar-refractivity contribution in [1.29, 1.82) is 0 Å². The molecule has 0 radical (unpaired) electrons. The van der Waals surface area contributed by atoms with E-state index in [1.54, 1.807) is 11.3 Å². The fourth-order valence-corrected chi connectivity index (χ4v) is 3.56. The van der Waals surface area contributed by atoms with Crippen LogP contribution in [-0.4, -0.2) is 41.9 Å². The maximum absolute atomic E-state index is 12.4. The van der Waals surface area contributed by atoms with Crippen molar-refractivity contribution in [3.63, 3.8) is 0 Å². The molecule has 0 saturated carbocycles. The average molecular weight is 280 g/mol. The third-order valence-electron chi connectivity index (χ3n) is 3.89. The minimum absolute atomic E-state index is 0.202. The molecule has 2 heterocycles. The number of rotatable bonds is 5. The van der Waals surface area contributed by atoms with E-state index in [4.69, 9.17) is 0 Å². The van der Waals surface area contributed by atoms with E-state index in [9.17, 15) is 4.79 Å². The number of thiophene rings is 1. The van der Waals surface area contributed by atoms with E-state index in [0.29, 0.717) is 5.91 Å². The molecule has 0 spiro atoms. The highest BCUT2D eigenvalue weighted by molar-refractivity contribution is 7.09. The SMILES string of the molecule is CCN(CC)C(=O)C1CCCN(Cc2cccs2)C1. The normalized spacial score (nSPS) is 20.4. The van der Waals surface area contributed by atoms with Gasteiger partial charge in [0.2, 0.25) is 5.91 Å². The van der Waals surface area contributed by atoms with Crippen LogP contribution in [0.2, 0.25) is 0 Å². The molecule has 0 aliphatic carbocycles. The molecule has 4 heteroatoms. The molecular formula is C15H24N2OS. The van der Waals surface area contributed by atoms with Crippen molar-refractivity contribution < 1.29 is 4.79 Å². The fraction of sp³-hybridized carbons (Fsp3) is 0.667. The summed E-state index contributed by atoms with van der Waals surface area (Å²) < 4.78 is 0. The zero-order chi connectivity index (χ0) is 13.7. The summed E-state index contributed by atoms with van der Waals surface area (Å²) in [7, 11) is 0. The molecule has 0 aromatic carbocycles. The Hall–Kier alpha value is -0.870. The Kier molecular flexibility index (Phi) is 5.40. The summed E-state index contributed by atoms with van der Waals surface area (Å²) in [6.07, 6.45) is 2.19. The van der Waals surface area contributed by atoms with Crippen molar-refractivity contribution in [3.8, 4) is 0 Å². The summed E-state index contributed by atoms with van der Waals surface area (Å²) >= 11 is 1.80. The third-order valence-corrected chi connectivity index (χ3v) is 4.75. The number of hydrogen-bond acceptors (Lipinski definition) is 3. The van der Waals surface area contributed by atoms with Crippen LogP contribution in [-0.2, 0) is 11.3 Å². The second-order valence-electron chi connectivity index (χ2n) is 5.16. The fourth-order valence-electron chi connectivity index (χ4n) is 2.82. The van der Waals surface area contributed by atoms with E-state index < -0.39 is 0 Å². The molecular weight excluding hydrogens is 256 g/mol. The van der Waals surface area contributed by atoms with Gasteiger partial charge in [-0.15, -0.1) is 11.3 Å². The van der Waals surface area contributed by atoms with Crippen molar-refractivity contribution in [1.82, 2.24) is 9.80 Å². The Morgan fingerprint density at radius 2 is 2.26 bits per heavy atom. The number of nitrogens with zero attached hydrogens (tertiary/aromatic N) is 2. The first-order valence-corrected chi connectivity index (χ1v) is 8.16. The monoisotopic (exact) mass is 280 g/mol. The Bertz CT molecular complexity index is 387. The Morgan fingerprint density at radius 3 is 2.89 bits per heavy atom. The Morgan fingerprint density at radius 1 is 1.47 bits per heavy atom. The van der Waals surface area contributed by atoms with Crippen LogP contribution in [0.1, 0.15) is 31.6 Å². The van der Waals surface area contributed by atoms with Gasteiger partial charge in [-0.1, -0.05) is 6.07 Å². The van der Waals surface area contributed by atoms with E-state index in [-0.39, 0.29) is 5.92 Å². The van der Waals surface area contributed by atoms with Gasteiger partial charge in [0.1, 0.15) is 0 Å². The summed E-state index contributed by atoms with van der Waals surface area (Å²) in [5.74, 6) is 0.550. The number of carbonyl (C=O) groups is 1. The molecule has 1 aromatic rings. The lowest BCUT2D eigenvalue weighted by Gasteiger charge is -2.34. The van der Waals surface area contributed by atoms with E-state index >= 15 is 0 Å². The maximum Gasteiger partial charge on any atom is 0.226 e. The van der Waals surface area contributed by atoms with Gasteiger partial charge in [-0.2, -0.15) is 0 Å². The van der Waals surface area contributed by atoms with E-state index in [1.807, 2.05) is 4.90 Å². The first kappa shape index (κ1) is 14.5. The molecule has 3 nitrogen and oxygen atoms in total. The largest absolute Gasteiger partial charge is 0.343 e. The van der Waals surface area contributed by atoms with Gasteiger partial charge in [-0.3, -0.25) is 9.69 Å². The number of piperidine rings is 1. The molecule has 1 unspecified atom stereocenters. The number of carbonyl (C=O) groups excluding carboxylic acids is 1. The standard InChI is InChI=1S/C15H24N2OS/c1-3-17(4-2)15(18)13-7-5-9-16(11-13)12-14-8-6-10-19-14/h6,8,10,13H,3-5,7,9,11-12H2,1-2H3. The van der Waals surface area contributed by atoms with Crippen LogP contribution in [0, 0.1) is 5.92 Å². The molecule has 19 heavy (non-hydrogen) atoms. The zero-order valence-electron chi connectivity index (χ0n) is 12.0. The molecule has 1 atom stereocenters. The van der Waals surface area contributed by atoms with Gasteiger partial charge in [0.15, 0.2) is 0 Å². The second-order valence-corrected chi connectivity index (χ2v) is 6.20. The minimum Gasteiger partial charge on any atom is -0.343 e. The Labute approximate surface area is 120 Å². The molecule has 1 saturated heterocycles. The molecule has 1 aliphatic heterocycles. The van der Waals surface area contributed by atoms with Crippen LogP contribution in [0.15, 0.2) is 17.5 Å². The van der Waals surface area contributed by atoms with Crippen LogP contribution >= 0.6 is 11.3 Å². The van der Waals surface area contributed by atoms with Crippen molar-refractivity contribution in [2.24, 2.45) is 5.92 Å². The van der Waals surface area contributed by atoms with Gasteiger partial charge < -0.3 is 4.90 Å². The second kappa shape index (κ2) is 7.06. The van der Waals surface area contributed by atoms with Crippen molar-refractivity contribution in [2.75, 3.05) is 26.2 Å². The van der Waals surface area contributed by atoms with E-state index in [2.05, 4.69) is 36.3 Å². The van der Waals surface area contributed by atoms with Crippen LogP contribution in [0.25, 0.3) is 0 Å². The van der Waals surface area contributed by atoms with Crippen LogP contribution in [0.5, 0.6) is 0 Å². The van der Waals surface area contributed by atoms with Gasteiger partial charge in [0.25, 0.3) is 0 Å². The molecule has 0 bridgehead atoms. The lowest BCUT2D eigenvalue weighted by atomic mass is 9.96. The van der Waals surface area contributed by atoms with Crippen LogP contribution < -0.4 is 0 Å². The summed E-state index contributed by atoms with van der Waals surface area (Å²) in [4.78, 5) is 18.2. The highest BCUT2D eigenvalue weighted by atomic mass is 32.1. The molecule has 1 fully saturated rings. The highest BCUT2D eigenvalue weighted by Gasteiger charge is 2.28. The quantitative estimate of drug-likeness (QED) is 0.828. The lowest BCUT2D eigenvalue weighted by molar-refractivity contribution is -0.137. The summed E-state index contributed by atoms with van der Waals surface area (Å²) in [5, 5.41) is 2.12. The maximum atomic E-state index is 12.4. The topological polar surface area (TPSA) is 23.6 Å². The first-order chi connectivity index (χ1) is 9.24. The summed E-state index contributed by atoms with van der Waals surface area (Å²) in [5.41, 5.74) is 0. The van der Waals surface area contributed by atoms with Gasteiger partial charge in [0, 0.05) is 31.1 Å². The average Bonchev–Trinajstić information content (AvgIpc) is 2.93. The number of amides is 1. The molecule has 106 valence electrons. The predicted octanol–water partition coefficient (Wildman–Crippen LogP) is 2.83. The van der Waals surface area contributed by atoms with Gasteiger partial charge in [-0.25, -0.2) is 0 Å². The summed E-state index contributed by atoms with van der Waals surface area (Å²) in [6.45, 7) is 8.83. The van der Waals surface area contributed by atoms with Crippen LogP contribution in [0.4, 0.5) is 0 Å². The molecule has 2 rings (SSSR count). The summed E-state index contributed by atoms with van der Waals surface area (Å²) in [6, 6.07) is 4.28. The van der Waals surface area contributed by atoms with Gasteiger partial charge in [-0.05, 0) is 44.7 Å². The Balaban J connectivity index is 1.91. The number of hydrogen-bond donors (Lipinski definition) is 0. The third kappa shape index (κ3) is 3.80. The lowest BCUT2D eigenvalue weighted by Crippen LogP contribution is -2.44. The molecule has 1 amide bonds.